The number of carbonyl (C=O) groups excluding carboxylic acids is 3. The number of amides is 2. The van der Waals surface area contributed by atoms with Gasteiger partial charge in [-0.1, -0.05) is 12.1 Å². The van der Waals surface area contributed by atoms with E-state index in [9.17, 15) is 19.2 Å². The molecular weight excluding hydrogens is 378 g/mol. The minimum absolute atomic E-state index is 0.0812. The Balaban J connectivity index is 1.46. The minimum atomic E-state index is -0.613. The van der Waals surface area contributed by atoms with Gasteiger partial charge in [-0.2, -0.15) is 0 Å². The van der Waals surface area contributed by atoms with Crippen LogP contribution in [0.1, 0.15) is 13.3 Å². The van der Waals surface area contributed by atoms with Crippen LogP contribution in [-0.2, 0) is 25.7 Å². The second-order valence-electron chi connectivity index (χ2n) is 6.20. The van der Waals surface area contributed by atoms with E-state index in [0.717, 1.165) is 0 Å². The molecule has 1 heterocycles. The van der Waals surface area contributed by atoms with Gasteiger partial charge in [0.2, 0.25) is 5.91 Å². The van der Waals surface area contributed by atoms with Crippen molar-refractivity contribution in [2.45, 2.75) is 19.9 Å². The molecule has 3 aromatic rings. The lowest BCUT2D eigenvalue weighted by molar-refractivity contribution is -0.147. The Kier molecular flexibility index (Phi) is 6.08. The van der Waals surface area contributed by atoms with Crippen molar-refractivity contribution in [1.82, 2.24) is 4.57 Å². The highest BCUT2D eigenvalue weighted by atomic mass is 16.5. The van der Waals surface area contributed by atoms with Crippen molar-refractivity contribution in [3.63, 3.8) is 0 Å². The summed E-state index contributed by atoms with van der Waals surface area (Å²) in [4.78, 5) is 46.7. The molecule has 0 bridgehead atoms. The average Bonchev–Trinajstić information content (AvgIpc) is 3.01. The lowest BCUT2D eigenvalue weighted by Crippen LogP contribution is -2.22. The molecule has 0 saturated carbocycles. The summed E-state index contributed by atoms with van der Waals surface area (Å²) in [6, 6.07) is 13.4. The van der Waals surface area contributed by atoms with E-state index in [0.29, 0.717) is 22.5 Å². The lowest BCUT2D eigenvalue weighted by Gasteiger charge is -2.08. The first-order chi connectivity index (χ1) is 13.9. The SMILES string of the molecule is CC(=O)Nc1ccc(NC(=O)COC(=O)CCn2c(=O)oc3ccccc32)cc1. The topological polar surface area (TPSA) is 120 Å². The van der Waals surface area contributed by atoms with Crippen LogP contribution in [0.2, 0.25) is 0 Å². The van der Waals surface area contributed by atoms with Gasteiger partial charge in [0.1, 0.15) is 0 Å². The maximum absolute atomic E-state index is 11.9. The second kappa shape index (κ2) is 8.87. The Morgan fingerprint density at radius 2 is 1.66 bits per heavy atom. The van der Waals surface area contributed by atoms with Crippen molar-refractivity contribution < 1.29 is 23.5 Å². The number of fused-ring (bicyclic) bond motifs is 1. The number of esters is 1. The molecule has 0 aliphatic rings. The molecule has 0 radical (unpaired) electrons. The molecule has 0 aliphatic carbocycles. The summed E-state index contributed by atoms with van der Waals surface area (Å²) in [6.45, 7) is 1.03. The number of hydrogen-bond acceptors (Lipinski definition) is 6. The summed E-state index contributed by atoms with van der Waals surface area (Å²) in [5.74, 6) is -1.87. The normalized spacial score (nSPS) is 10.5. The Bertz CT molecular complexity index is 1100. The number of carbonyl (C=O) groups is 3. The van der Waals surface area contributed by atoms with Crippen LogP contribution < -0.4 is 16.4 Å². The van der Waals surface area contributed by atoms with E-state index in [1.807, 2.05) is 0 Å². The lowest BCUT2D eigenvalue weighted by atomic mass is 10.2. The highest BCUT2D eigenvalue weighted by Crippen LogP contribution is 2.14. The van der Waals surface area contributed by atoms with Gasteiger partial charge in [0, 0.05) is 24.8 Å². The van der Waals surface area contributed by atoms with Crippen molar-refractivity contribution in [2.75, 3.05) is 17.2 Å². The van der Waals surface area contributed by atoms with Crippen LogP contribution in [0.15, 0.2) is 57.7 Å². The van der Waals surface area contributed by atoms with Gasteiger partial charge in [0.05, 0.1) is 11.9 Å². The fourth-order valence-electron chi connectivity index (χ4n) is 2.68. The van der Waals surface area contributed by atoms with Crippen molar-refractivity contribution in [3.8, 4) is 0 Å². The number of nitrogens with one attached hydrogen (secondary N) is 2. The summed E-state index contributed by atoms with van der Waals surface area (Å²) in [7, 11) is 0. The highest BCUT2D eigenvalue weighted by Gasteiger charge is 2.12. The van der Waals surface area contributed by atoms with Crippen LogP contribution in [0.4, 0.5) is 11.4 Å². The van der Waals surface area contributed by atoms with E-state index in [1.54, 1.807) is 48.5 Å². The quantitative estimate of drug-likeness (QED) is 0.590. The first kappa shape index (κ1) is 19.9. The zero-order valence-corrected chi connectivity index (χ0v) is 15.6. The summed E-state index contributed by atoms with van der Waals surface area (Å²) in [6.07, 6.45) is -0.0812. The van der Waals surface area contributed by atoms with Gasteiger partial charge in [-0.3, -0.25) is 19.0 Å². The zero-order chi connectivity index (χ0) is 20.8. The first-order valence-electron chi connectivity index (χ1n) is 8.84. The summed E-state index contributed by atoms with van der Waals surface area (Å²) < 4.78 is 11.4. The molecule has 3 rings (SSSR count). The molecule has 0 unspecified atom stereocenters. The Morgan fingerprint density at radius 3 is 2.34 bits per heavy atom. The standard InChI is InChI=1S/C20H19N3O6/c1-13(24)21-14-6-8-15(9-7-14)22-18(25)12-28-19(26)10-11-23-16-4-2-3-5-17(16)29-20(23)27/h2-9H,10-12H2,1H3,(H,21,24)(H,22,25). The van der Waals surface area contributed by atoms with Gasteiger partial charge < -0.3 is 19.8 Å². The monoisotopic (exact) mass is 397 g/mol. The minimum Gasteiger partial charge on any atom is -0.456 e. The fraction of sp³-hybridized carbons (Fsp3) is 0.200. The number of rotatable bonds is 7. The first-order valence-corrected chi connectivity index (χ1v) is 8.84. The molecule has 9 heteroatoms. The van der Waals surface area contributed by atoms with Crippen LogP contribution in [0.3, 0.4) is 0 Å². The molecule has 0 fully saturated rings. The van der Waals surface area contributed by atoms with E-state index in [-0.39, 0.29) is 18.9 Å². The van der Waals surface area contributed by atoms with E-state index in [1.165, 1.54) is 11.5 Å². The molecule has 0 aliphatic heterocycles. The number of benzene rings is 2. The maximum Gasteiger partial charge on any atom is 0.419 e. The molecule has 2 amide bonds. The smallest absolute Gasteiger partial charge is 0.419 e. The van der Waals surface area contributed by atoms with Gasteiger partial charge >= 0.3 is 11.7 Å². The molecule has 0 atom stereocenters. The molecule has 0 spiro atoms. The van der Waals surface area contributed by atoms with E-state index in [4.69, 9.17) is 9.15 Å². The van der Waals surface area contributed by atoms with Crippen LogP contribution in [-0.4, -0.2) is 29.0 Å². The van der Waals surface area contributed by atoms with Crippen LogP contribution in [0.5, 0.6) is 0 Å². The number of ether oxygens (including phenoxy) is 1. The molecule has 9 nitrogen and oxygen atoms in total. The largest absolute Gasteiger partial charge is 0.456 e. The Hall–Kier alpha value is -3.88. The van der Waals surface area contributed by atoms with E-state index < -0.39 is 24.2 Å². The van der Waals surface area contributed by atoms with Crippen LogP contribution in [0, 0.1) is 0 Å². The van der Waals surface area contributed by atoms with Crippen LogP contribution in [0.25, 0.3) is 11.1 Å². The molecule has 29 heavy (non-hydrogen) atoms. The van der Waals surface area contributed by atoms with Crippen LogP contribution >= 0.6 is 0 Å². The number of aromatic nitrogens is 1. The van der Waals surface area contributed by atoms with Crippen molar-refractivity contribution in [2.24, 2.45) is 0 Å². The Labute approximate surface area is 165 Å². The highest BCUT2D eigenvalue weighted by molar-refractivity contribution is 5.93. The second-order valence-corrected chi connectivity index (χ2v) is 6.20. The number of nitrogens with zero attached hydrogens (tertiary/aromatic N) is 1. The fourth-order valence-corrected chi connectivity index (χ4v) is 2.68. The summed E-state index contributed by atoms with van der Waals surface area (Å²) >= 11 is 0. The third-order valence-corrected chi connectivity index (χ3v) is 3.97. The van der Waals surface area contributed by atoms with E-state index >= 15 is 0 Å². The molecule has 150 valence electrons. The molecule has 0 saturated heterocycles. The maximum atomic E-state index is 11.9. The predicted molar refractivity (Wildman–Crippen MR) is 105 cm³/mol. The van der Waals surface area contributed by atoms with Gasteiger partial charge in [0.15, 0.2) is 12.2 Å². The molecular formula is C20H19N3O6. The average molecular weight is 397 g/mol. The third-order valence-electron chi connectivity index (χ3n) is 3.97. The predicted octanol–water partition coefficient (Wildman–Crippen LogP) is 2.12. The number of para-hydroxylation sites is 2. The molecule has 2 N–H and O–H groups in total. The summed E-state index contributed by atoms with van der Waals surface area (Å²) in [5, 5.41) is 5.20. The van der Waals surface area contributed by atoms with Gasteiger partial charge in [-0.25, -0.2) is 4.79 Å². The van der Waals surface area contributed by atoms with Crippen molar-refractivity contribution in [1.29, 1.82) is 0 Å². The molecule has 1 aromatic heterocycles. The zero-order valence-electron chi connectivity index (χ0n) is 15.6. The number of aryl methyl sites for hydroxylation is 1. The van der Waals surface area contributed by atoms with Gasteiger partial charge in [-0.15, -0.1) is 0 Å². The van der Waals surface area contributed by atoms with Crippen molar-refractivity contribution >= 4 is 40.3 Å². The summed E-state index contributed by atoms with van der Waals surface area (Å²) in [5.41, 5.74) is 2.13. The third kappa shape index (κ3) is 5.32. The van der Waals surface area contributed by atoms with Crippen molar-refractivity contribution in [3.05, 3.63) is 59.1 Å². The Morgan fingerprint density at radius 1 is 1.00 bits per heavy atom. The van der Waals surface area contributed by atoms with E-state index in [2.05, 4.69) is 10.6 Å². The number of hydrogen-bond donors (Lipinski definition) is 2. The molecule has 2 aromatic carbocycles. The number of anilines is 2. The number of oxazole rings is 1. The van der Waals surface area contributed by atoms with Gasteiger partial charge in [-0.05, 0) is 36.4 Å². The van der Waals surface area contributed by atoms with Gasteiger partial charge in [0.25, 0.3) is 5.91 Å².